The quantitative estimate of drug-likeness (QED) is 0.659. The van der Waals surface area contributed by atoms with Gasteiger partial charge in [-0.1, -0.05) is 36.4 Å². The summed E-state index contributed by atoms with van der Waals surface area (Å²) in [4.78, 5) is 0. The van der Waals surface area contributed by atoms with Crippen molar-refractivity contribution in [3.63, 3.8) is 0 Å². The molecule has 1 aromatic rings. The summed E-state index contributed by atoms with van der Waals surface area (Å²) >= 11 is 0. The molecule has 0 nitrogen and oxygen atoms in total. The maximum atomic E-state index is 12.4. The third kappa shape index (κ3) is 2.22. The van der Waals surface area contributed by atoms with E-state index in [9.17, 15) is 13.2 Å². The molecule has 1 aliphatic carbocycles. The van der Waals surface area contributed by atoms with Crippen LogP contribution in [0.15, 0.2) is 36.4 Å². The molecule has 3 heteroatoms. The molecule has 1 unspecified atom stereocenters. The van der Waals surface area contributed by atoms with Crippen LogP contribution in [0.1, 0.15) is 18.4 Å². The standard InChI is InChI=1S/C12H11F3/c13-12(14,15)11-7-6-10(8-11)9-4-2-1-3-5-9/h1-6,11H,7-8H2. The fourth-order valence-electron chi connectivity index (χ4n) is 1.85. The summed E-state index contributed by atoms with van der Waals surface area (Å²) in [6, 6.07) is 9.25. The van der Waals surface area contributed by atoms with Gasteiger partial charge in [0.1, 0.15) is 0 Å². The lowest BCUT2D eigenvalue weighted by Gasteiger charge is -2.14. The van der Waals surface area contributed by atoms with Crippen molar-refractivity contribution in [2.24, 2.45) is 5.92 Å². The SMILES string of the molecule is FC(F)(F)C1CC=C(c2ccccc2)C1. The van der Waals surface area contributed by atoms with E-state index in [1.807, 2.05) is 30.3 Å². The third-order valence-corrected chi connectivity index (χ3v) is 2.72. The smallest absolute Gasteiger partial charge is 0.171 e. The number of hydrogen-bond acceptors (Lipinski definition) is 0. The molecule has 0 amide bonds. The Morgan fingerprint density at radius 3 is 2.27 bits per heavy atom. The van der Waals surface area contributed by atoms with Crippen LogP contribution in [0.3, 0.4) is 0 Å². The van der Waals surface area contributed by atoms with Crippen molar-refractivity contribution in [1.82, 2.24) is 0 Å². The van der Waals surface area contributed by atoms with Gasteiger partial charge in [-0.15, -0.1) is 0 Å². The molecule has 80 valence electrons. The van der Waals surface area contributed by atoms with Gasteiger partial charge in [0.15, 0.2) is 0 Å². The van der Waals surface area contributed by atoms with E-state index in [0.717, 1.165) is 11.1 Å². The Labute approximate surface area is 86.4 Å². The van der Waals surface area contributed by atoms with Gasteiger partial charge in [0.2, 0.25) is 0 Å². The van der Waals surface area contributed by atoms with E-state index in [1.165, 1.54) is 0 Å². The van der Waals surface area contributed by atoms with E-state index in [0.29, 0.717) is 0 Å². The minimum Gasteiger partial charge on any atom is -0.171 e. The molecule has 0 saturated carbocycles. The van der Waals surface area contributed by atoms with Crippen LogP contribution in [0.4, 0.5) is 13.2 Å². The fourth-order valence-corrected chi connectivity index (χ4v) is 1.85. The number of benzene rings is 1. The predicted molar refractivity (Wildman–Crippen MR) is 53.2 cm³/mol. The largest absolute Gasteiger partial charge is 0.392 e. The second kappa shape index (κ2) is 3.72. The Hall–Kier alpha value is -1.25. The molecular weight excluding hydrogens is 201 g/mol. The van der Waals surface area contributed by atoms with E-state index < -0.39 is 12.1 Å². The monoisotopic (exact) mass is 212 g/mol. The van der Waals surface area contributed by atoms with Crippen molar-refractivity contribution >= 4 is 5.57 Å². The summed E-state index contributed by atoms with van der Waals surface area (Å²) < 4.78 is 37.2. The van der Waals surface area contributed by atoms with E-state index >= 15 is 0 Å². The van der Waals surface area contributed by atoms with Crippen LogP contribution < -0.4 is 0 Å². The van der Waals surface area contributed by atoms with Crippen LogP contribution in [0.2, 0.25) is 0 Å². The summed E-state index contributed by atoms with van der Waals surface area (Å²) in [5.74, 6) is -1.19. The summed E-state index contributed by atoms with van der Waals surface area (Å²) in [5, 5.41) is 0. The number of allylic oxidation sites excluding steroid dienone is 2. The highest BCUT2D eigenvalue weighted by molar-refractivity contribution is 5.67. The number of rotatable bonds is 1. The summed E-state index contributed by atoms with van der Waals surface area (Å²) in [6.07, 6.45) is -2.12. The van der Waals surface area contributed by atoms with Crippen molar-refractivity contribution in [1.29, 1.82) is 0 Å². The van der Waals surface area contributed by atoms with E-state index in [4.69, 9.17) is 0 Å². The average Bonchev–Trinajstić information content (AvgIpc) is 2.67. The van der Waals surface area contributed by atoms with Crippen LogP contribution >= 0.6 is 0 Å². The van der Waals surface area contributed by atoms with Crippen molar-refractivity contribution in [2.45, 2.75) is 19.0 Å². The molecule has 0 spiro atoms. The van der Waals surface area contributed by atoms with Crippen LogP contribution in [0.25, 0.3) is 5.57 Å². The minimum atomic E-state index is -4.06. The third-order valence-electron chi connectivity index (χ3n) is 2.72. The van der Waals surface area contributed by atoms with Gasteiger partial charge in [0.25, 0.3) is 0 Å². The zero-order valence-electron chi connectivity index (χ0n) is 8.09. The van der Waals surface area contributed by atoms with Crippen molar-refractivity contribution in [3.05, 3.63) is 42.0 Å². The Kier molecular flexibility index (Phi) is 2.55. The first-order valence-electron chi connectivity index (χ1n) is 4.88. The van der Waals surface area contributed by atoms with Gasteiger partial charge >= 0.3 is 6.18 Å². The molecular formula is C12H11F3. The first kappa shape index (κ1) is 10.3. The minimum absolute atomic E-state index is 0.119. The average molecular weight is 212 g/mol. The first-order valence-corrected chi connectivity index (χ1v) is 4.88. The highest BCUT2D eigenvalue weighted by Crippen LogP contribution is 2.41. The molecule has 0 bridgehead atoms. The first-order chi connectivity index (χ1) is 7.07. The van der Waals surface area contributed by atoms with E-state index in [-0.39, 0.29) is 12.8 Å². The van der Waals surface area contributed by atoms with Gasteiger partial charge in [-0.2, -0.15) is 13.2 Å². The molecule has 0 N–H and O–H groups in total. The molecule has 2 rings (SSSR count). The Balaban J connectivity index is 2.11. The Morgan fingerprint density at radius 2 is 1.73 bits per heavy atom. The van der Waals surface area contributed by atoms with Gasteiger partial charge in [-0.25, -0.2) is 0 Å². The predicted octanol–water partition coefficient (Wildman–Crippen LogP) is 4.04. The highest BCUT2D eigenvalue weighted by Gasteiger charge is 2.41. The number of alkyl halides is 3. The molecule has 1 aliphatic rings. The van der Waals surface area contributed by atoms with Crippen molar-refractivity contribution in [3.8, 4) is 0 Å². The van der Waals surface area contributed by atoms with Gasteiger partial charge in [-0.05, 0) is 24.0 Å². The van der Waals surface area contributed by atoms with E-state index in [2.05, 4.69) is 0 Å². The zero-order chi connectivity index (χ0) is 10.9. The second-order valence-electron chi connectivity index (χ2n) is 3.77. The van der Waals surface area contributed by atoms with Crippen LogP contribution in [0.5, 0.6) is 0 Å². The molecule has 1 atom stereocenters. The van der Waals surface area contributed by atoms with Crippen LogP contribution in [-0.2, 0) is 0 Å². The van der Waals surface area contributed by atoms with Gasteiger partial charge in [-0.3, -0.25) is 0 Å². The van der Waals surface area contributed by atoms with Crippen molar-refractivity contribution in [2.75, 3.05) is 0 Å². The lowest BCUT2D eigenvalue weighted by Crippen LogP contribution is -2.19. The number of hydrogen-bond donors (Lipinski definition) is 0. The number of halogens is 3. The Morgan fingerprint density at radius 1 is 1.07 bits per heavy atom. The molecule has 0 heterocycles. The Bertz CT molecular complexity index is 362. The van der Waals surface area contributed by atoms with Crippen LogP contribution in [-0.4, -0.2) is 6.18 Å². The molecule has 15 heavy (non-hydrogen) atoms. The van der Waals surface area contributed by atoms with Crippen molar-refractivity contribution < 1.29 is 13.2 Å². The molecule has 1 aromatic carbocycles. The molecule has 0 aliphatic heterocycles. The maximum Gasteiger partial charge on any atom is 0.392 e. The van der Waals surface area contributed by atoms with Gasteiger partial charge in [0.05, 0.1) is 5.92 Å². The lowest BCUT2D eigenvalue weighted by molar-refractivity contribution is -0.170. The van der Waals surface area contributed by atoms with Crippen LogP contribution in [0, 0.1) is 5.92 Å². The normalized spacial score (nSPS) is 21.5. The summed E-state index contributed by atoms with van der Waals surface area (Å²) in [6.45, 7) is 0. The van der Waals surface area contributed by atoms with Gasteiger partial charge < -0.3 is 0 Å². The summed E-state index contributed by atoms with van der Waals surface area (Å²) in [5.41, 5.74) is 1.72. The highest BCUT2D eigenvalue weighted by atomic mass is 19.4. The summed E-state index contributed by atoms with van der Waals surface area (Å²) in [7, 11) is 0. The fraction of sp³-hybridized carbons (Fsp3) is 0.333. The molecule has 0 saturated heterocycles. The second-order valence-corrected chi connectivity index (χ2v) is 3.77. The molecule has 0 radical (unpaired) electrons. The van der Waals surface area contributed by atoms with Gasteiger partial charge in [0, 0.05) is 0 Å². The molecule has 0 aromatic heterocycles. The molecule has 0 fully saturated rings. The lowest BCUT2D eigenvalue weighted by atomic mass is 10.0. The van der Waals surface area contributed by atoms with E-state index in [1.54, 1.807) is 6.08 Å². The zero-order valence-corrected chi connectivity index (χ0v) is 8.09. The maximum absolute atomic E-state index is 12.4. The topological polar surface area (TPSA) is 0 Å².